The molecule has 0 spiro atoms. The number of carbonyl (C=O) groups is 1. The molecule has 4 N–H and O–H groups in total. The Bertz CT molecular complexity index is 1100. The van der Waals surface area contributed by atoms with Gasteiger partial charge in [0.1, 0.15) is 22.9 Å². The average molecular weight is 412 g/mol. The van der Waals surface area contributed by atoms with Gasteiger partial charge in [-0.15, -0.1) is 0 Å². The van der Waals surface area contributed by atoms with Crippen LogP contribution in [0.1, 0.15) is 56.4 Å². The summed E-state index contributed by atoms with van der Waals surface area (Å²) in [6.45, 7) is 6.17. The van der Waals surface area contributed by atoms with E-state index in [4.69, 9.17) is 5.73 Å². The number of primary amides is 1. The van der Waals surface area contributed by atoms with Gasteiger partial charge in [0.2, 0.25) is 0 Å². The minimum atomic E-state index is -0.622. The summed E-state index contributed by atoms with van der Waals surface area (Å²) in [5.41, 5.74) is 6.10. The van der Waals surface area contributed by atoms with Gasteiger partial charge in [-0.2, -0.15) is 9.61 Å². The van der Waals surface area contributed by atoms with Crippen molar-refractivity contribution in [3.63, 3.8) is 0 Å². The van der Waals surface area contributed by atoms with Crippen molar-refractivity contribution in [2.75, 3.05) is 17.7 Å². The minimum absolute atomic E-state index is 0.0360. The molecule has 9 nitrogen and oxygen atoms in total. The largest absolute Gasteiger partial charge is 0.373 e. The summed E-state index contributed by atoms with van der Waals surface area (Å²) in [6.07, 6.45) is 7.56. The molecule has 1 saturated carbocycles. The molecule has 160 valence electrons. The molecule has 3 aromatic rings. The van der Waals surface area contributed by atoms with Crippen LogP contribution in [0.2, 0.25) is 0 Å². The molecule has 0 unspecified atom stereocenters. The van der Waals surface area contributed by atoms with Crippen LogP contribution >= 0.6 is 0 Å². The van der Waals surface area contributed by atoms with E-state index < -0.39 is 5.91 Å². The van der Waals surface area contributed by atoms with Gasteiger partial charge in [0, 0.05) is 25.4 Å². The van der Waals surface area contributed by atoms with Gasteiger partial charge >= 0.3 is 0 Å². The Morgan fingerprint density at radius 2 is 2.03 bits per heavy atom. The molecule has 0 saturated heterocycles. The molecule has 4 rings (SSSR count). The summed E-state index contributed by atoms with van der Waals surface area (Å²) < 4.78 is 3.09. The SMILES string of the molecule is CC1CCC1.CNc1cc(Nc2cccn(C(C)C)c2=O)nc2c(C(N)=O)cnn12. The van der Waals surface area contributed by atoms with Gasteiger partial charge in [0.25, 0.3) is 11.5 Å². The monoisotopic (exact) mass is 411 g/mol. The number of carbonyl (C=O) groups excluding carboxylic acids is 1. The Labute approximate surface area is 175 Å². The van der Waals surface area contributed by atoms with Gasteiger partial charge in [0.05, 0.1) is 6.20 Å². The van der Waals surface area contributed by atoms with Crippen LogP contribution in [0.4, 0.5) is 17.3 Å². The van der Waals surface area contributed by atoms with E-state index in [1.807, 2.05) is 13.8 Å². The van der Waals surface area contributed by atoms with E-state index in [1.54, 1.807) is 36.0 Å². The lowest BCUT2D eigenvalue weighted by Crippen LogP contribution is -2.23. The molecule has 1 amide bonds. The summed E-state index contributed by atoms with van der Waals surface area (Å²) in [4.78, 5) is 28.5. The molecule has 3 aromatic heterocycles. The first-order chi connectivity index (χ1) is 14.3. The maximum atomic E-state index is 12.5. The first-order valence-corrected chi connectivity index (χ1v) is 10.2. The molecule has 0 aliphatic heterocycles. The van der Waals surface area contributed by atoms with Gasteiger partial charge in [-0.1, -0.05) is 26.2 Å². The number of nitrogens with two attached hydrogens (primary N) is 1. The van der Waals surface area contributed by atoms with Crippen LogP contribution in [-0.4, -0.2) is 32.1 Å². The van der Waals surface area contributed by atoms with E-state index in [0.717, 1.165) is 5.92 Å². The van der Waals surface area contributed by atoms with Gasteiger partial charge in [-0.3, -0.25) is 9.59 Å². The van der Waals surface area contributed by atoms with E-state index in [0.29, 0.717) is 23.0 Å². The number of fused-ring (bicyclic) bond motifs is 1. The Morgan fingerprint density at radius 1 is 1.33 bits per heavy atom. The molecule has 0 atom stereocenters. The number of rotatable bonds is 5. The van der Waals surface area contributed by atoms with Gasteiger partial charge in [-0.25, -0.2) is 4.98 Å². The predicted octanol–water partition coefficient (Wildman–Crippen LogP) is 3.16. The van der Waals surface area contributed by atoms with Crippen LogP contribution in [0.3, 0.4) is 0 Å². The fraction of sp³-hybridized carbons (Fsp3) is 0.429. The van der Waals surface area contributed by atoms with Crippen LogP contribution in [0.15, 0.2) is 35.4 Å². The number of amides is 1. The first kappa shape index (κ1) is 21.4. The van der Waals surface area contributed by atoms with Crippen molar-refractivity contribution < 1.29 is 4.79 Å². The van der Waals surface area contributed by atoms with E-state index in [9.17, 15) is 9.59 Å². The number of nitrogens with one attached hydrogen (secondary N) is 2. The lowest BCUT2D eigenvalue weighted by molar-refractivity contribution is 0.100. The summed E-state index contributed by atoms with van der Waals surface area (Å²) in [7, 11) is 1.72. The fourth-order valence-electron chi connectivity index (χ4n) is 3.14. The minimum Gasteiger partial charge on any atom is -0.373 e. The molecule has 1 aliphatic rings. The topological polar surface area (TPSA) is 119 Å². The number of anilines is 3. The molecule has 30 heavy (non-hydrogen) atoms. The molecule has 0 radical (unpaired) electrons. The highest BCUT2D eigenvalue weighted by Gasteiger charge is 2.15. The van der Waals surface area contributed by atoms with Crippen molar-refractivity contribution in [3.05, 3.63) is 46.5 Å². The number of nitrogens with zero attached hydrogens (tertiary/aromatic N) is 4. The Morgan fingerprint density at radius 3 is 2.57 bits per heavy atom. The summed E-state index contributed by atoms with van der Waals surface area (Å²) >= 11 is 0. The molecule has 0 bridgehead atoms. The predicted molar refractivity (Wildman–Crippen MR) is 118 cm³/mol. The number of aromatic nitrogens is 4. The maximum Gasteiger partial charge on any atom is 0.274 e. The van der Waals surface area contributed by atoms with E-state index in [1.165, 1.54) is 30.0 Å². The Balaban J connectivity index is 0.000000448. The Hall–Kier alpha value is -3.36. The highest BCUT2D eigenvalue weighted by Crippen LogP contribution is 2.24. The second-order valence-corrected chi connectivity index (χ2v) is 7.82. The van der Waals surface area contributed by atoms with Crippen LogP contribution in [0.5, 0.6) is 0 Å². The maximum absolute atomic E-state index is 12.5. The van der Waals surface area contributed by atoms with Crippen molar-refractivity contribution in [1.29, 1.82) is 0 Å². The molecule has 1 aliphatic carbocycles. The number of hydrogen-bond acceptors (Lipinski definition) is 6. The van der Waals surface area contributed by atoms with Crippen molar-refractivity contribution in [2.24, 2.45) is 11.7 Å². The van der Waals surface area contributed by atoms with Gasteiger partial charge in [-0.05, 0) is 31.9 Å². The second kappa shape index (κ2) is 8.98. The fourth-order valence-corrected chi connectivity index (χ4v) is 3.14. The van der Waals surface area contributed by atoms with E-state index in [-0.39, 0.29) is 17.2 Å². The quantitative estimate of drug-likeness (QED) is 0.593. The number of pyridine rings is 1. The van der Waals surface area contributed by atoms with Crippen LogP contribution in [-0.2, 0) is 0 Å². The first-order valence-electron chi connectivity index (χ1n) is 10.2. The third-order valence-electron chi connectivity index (χ3n) is 5.18. The zero-order chi connectivity index (χ0) is 21.8. The zero-order valence-electron chi connectivity index (χ0n) is 17.8. The summed E-state index contributed by atoms with van der Waals surface area (Å²) in [5, 5.41) is 10.1. The molecular weight excluding hydrogens is 382 g/mol. The van der Waals surface area contributed by atoms with Crippen molar-refractivity contribution >= 4 is 28.9 Å². The number of hydrogen-bond donors (Lipinski definition) is 3. The molecule has 9 heteroatoms. The molecule has 0 aromatic carbocycles. The second-order valence-electron chi connectivity index (χ2n) is 7.82. The normalized spacial score (nSPS) is 13.5. The highest BCUT2D eigenvalue weighted by atomic mass is 16.1. The standard InChI is InChI=1S/C16H19N7O2.C5H10/c1-9(2)22-6-4-5-11(16(22)25)20-12-7-13(18-3)23-15(21-12)10(8-19-23)14(17)24;1-5-3-2-4-5/h4-9,18H,1-3H3,(H2,17,24)(H,20,21);5H,2-4H2,1H3. The van der Waals surface area contributed by atoms with Crippen molar-refractivity contribution in [3.8, 4) is 0 Å². The Kier molecular flexibility index (Phi) is 6.39. The van der Waals surface area contributed by atoms with Crippen molar-refractivity contribution in [1.82, 2.24) is 19.2 Å². The van der Waals surface area contributed by atoms with Gasteiger partial charge in [0.15, 0.2) is 5.65 Å². The summed E-state index contributed by atoms with van der Waals surface area (Å²) in [6, 6.07) is 5.19. The lowest BCUT2D eigenvalue weighted by Gasteiger charge is -2.18. The third kappa shape index (κ3) is 4.45. The third-order valence-corrected chi connectivity index (χ3v) is 5.18. The smallest absolute Gasteiger partial charge is 0.274 e. The zero-order valence-corrected chi connectivity index (χ0v) is 17.8. The van der Waals surface area contributed by atoms with Crippen LogP contribution < -0.4 is 21.9 Å². The highest BCUT2D eigenvalue weighted by molar-refractivity contribution is 5.98. The van der Waals surface area contributed by atoms with Crippen molar-refractivity contribution in [2.45, 2.75) is 46.1 Å². The van der Waals surface area contributed by atoms with E-state index in [2.05, 4.69) is 27.6 Å². The lowest BCUT2D eigenvalue weighted by atomic mass is 9.88. The van der Waals surface area contributed by atoms with E-state index >= 15 is 0 Å². The van der Waals surface area contributed by atoms with Gasteiger partial charge < -0.3 is 20.9 Å². The summed E-state index contributed by atoms with van der Waals surface area (Å²) in [5.74, 6) is 1.44. The van der Waals surface area contributed by atoms with Crippen LogP contribution in [0, 0.1) is 5.92 Å². The molecule has 1 fully saturated rings. The molecular formula is C21H29N7O2. The average Bonchev–Trinajstić information content (AvgIpc) is 3.12. The molecule has 3 heterocycles. The van der Waals surface area contributed by atoms with Crippen LogP contribution in [0.25, 0.3) is 5.65 Å².